The fourth-order valence-corrected chi connectivity index (χ4v) is 5.01. The lowest BCUT2D eigenvalue weighted by atomic mass is 9.93. The molecule has 2 aliphatic carbocycles. The van der Waals surface area contributed by atoms with E-state index in [0.29, 0.717) is 18.0 Å². The fraction of sp³-hybridized carbons (Fsp3) is 0.944. The molecule has 21 heavy (non-hydrogen) atoms. The van der Waals surface area contributed by atoms with Gasteiger partial charge in [0.1, 0.15) is 0 Å². The fourth-order valence-electron chi connectivity index (χ4n) is 5.01. The maximum atomic E-state index is 12.9. The second-order valence-electron chi connectivity index (χ2n) is 8.03. The van der Waals surface area contributed by atoms with Crippen molar-refractivity contribution in [3.63, 3.8) is 0 Å². The van der Waals surface area contributed by atoms with Crippen LogP contribution >= 0.6 is 0 Å². The summed E-state index contributed by atoms with van der Waals surface area (Å²) in [5.74, 6) is 3.02. The first-order valence-electron chi connectivity index (χ1n) is 9.24. The van der Waals surface area contributed by atoms with Crippen LogP contribution in [0.3, 0.4) is 0 Å². The molecule has 3 heteroatoms. The maximum absolute atomic E-state index is 12.9. The van der Waals surface area contributed by atoms with Crippen molar-refractivity contribution in [2.75, 3.05) is 20.1 Å². The standard InChI is InChI=1S/C18H30N2O/c1-19-10-2-4-16(19)17-5-3-11-20(17)18(21)12-15(13-6-7-13)14-8-9-14/h13-17H,2-12H2,1H3/t16-,17+/m1/s1. The molecule has 4 fully saturated rings. The van der Waals surface area contributed by atoms with E-state index >= 15 is 0 Å². The van der Waals surface area contributed by atoms with E-state index < -0.39 is 0 Å². The molecule has 0 aromatic rings. The van der Waals surface area contributed by atoms with Gasteiger partial charge in [-0.2, -0.15) is 0 Å². The van der Waals surface area contributed by atoms with E-state index in [1.165, 1.54) is 57.9 Å². The minimum atomic E-state index is 0.488. The minimum Gasteiger partial charge on any atom is -0.338 e. The summed E-state index contributed by atoms with van der Waals surface area (Å²) in [6.45, 7) is 2.24. The lowest BCUT2D eigenvalue weighted by Crippen LogP contribution is -2.47. The average Bonchev–Trinajstić information content (AvgIpc) is 3.39. The Morgan fingerprint density at radius 1 is 0.952 bits per heavy atom. The summed E-state index contributed by atoms with van der Waals surface area (Å²) in [5.41, 5.74) is 0. The van der Waals surface area contributed by atoms with Gasteiger partial charge in [0, 0.05) is 25.0 Å². The molecule has 0 N–H and O–H groups in total. The SMILES string of the molecule is CN1CCC[C@@H]1[C@@H]1CCCN1C(=O)CC(C1CC1)C1CC1. The van der Waals surface area contributed by atoms with Crippen molar-refractivity contribution < 1.29 is 4.79 Å². The first kappa shape index (κ1) is 14.0. The van der Waals surface area contributed by atoms with Crippen molar-refractivity contribution in [3.8, 4) is 0 Å². The molecule has 0 unspecified atom stereocenters. The predicted octanol–water partition coefficient (Wildman–Crippen LogP) is 2.90. The minimum absolute atomic E-state index is 0.488. The number of hydrogen-bond acceptors (Lipinski definition) is 2. The Kier molecular flexibility index (Phi) is 3.72. The third kappa shape index (κ3) is 2.86. The quantitative estimate of drug-likeness (QED) is 0.777. The number of carbonyl (C=O) groups is 1. The van der Waals surface area contributed by atoms with E-state index in [4.69, 9.17) is 0 Å². The van der Waals surface area contributed by atoms with Crippen LogP contribution in [0.5, 0.6) is 0 Å². The molecular weight excluding hydrogens is 260 g/mol. The Labute approximate surface area is 129 Å². The van der Waals surface area contributed by atoms with Crippen molar-refractivity contribution in [1.29, 1.82) is 0 Å². The molecule has 2 atom stereocenters. The molecule has 3 nitrogen and oxygen atoms in total. The highest BCUT2D eigenvalue weighted by atomic mass is 16.2. The van der Waals surface area contributed by atoms with Crippen molar-refractivity contribution in [1.82, 2.24) is 9.80 Å². The second kappa shape index (κ2) is 5.57. The van der Waals surface area contributed by atoms with Gasteiger partial charge in [-0.1, -0.05) is 0 Å². The van der Waals surface area contributed by atoms with Crippen LogP contribution in [-0.2, 0) is 4.79 Å². The molecule has 1 amide bonds. The van der Waals surface area contributed by atoms with Gasteiger partial charge in [0.2, 0.25) is 5.91 Å². The van der Waals surface area contributed by atoms with E-state index in [2.05, 4.69) is 16.8 Å². The molecule has 4 aliphatic rings. The molecule has 2 saturated carbocycles. The molecule has 2 heterocycles. The highest BCUT2D eigenvalue weighted by Gasteiger charge is 2.44. The second-order valence-corrected chi connectivity index (χ2v) is 8.03. The van der Waals surface area contributed by atoms with Gasteiger partial charge in [0.15, 0.2) is 0 Å². The molecule has 2 saturated heterocycles. The number of likely N-dealkylation sites (N-methyl/N-ethyl adjacent to an activating group) is 1. The zero-order valence-electron chi connectivity index (χ0n) is 13.5. The molecule has 0 bridgehead atoms. The number of hydrogen-bond donors (Lipinski definition) is 0. The van der Waals surface area contributed by atoms with Crippen LogP contribution in [0.2, 0.25) is 0 Å². The summed E-state index contributed by atoms with van der Waals surface area (Å²) in [4.78, 5) is 17.7. The van der Waals surface area contributed by atoms with Gasteiger partial charge in [0.25, 0.3) is 0 Å². The molecule has 0 spiro atoms. The summed E-state index contributed by atoms with van der Waals surface area (Å²) < 4.78 is 0. The van der Waals surface area contributed by atoms with Gasteiger partial charge < -0.3 is 9.80 Å². The van der Waals surface area contributed by atoms with Gasteiger partial charge in [-0.15, -0.1) is 0 Å². The molecule has 0 aromatic carbocycles. The topological polar surface area (TPSA) is 23.6 Å². The van der Waals surface area contributed by atoms with Gasteiger partial charge in [-0.3, -0.25) is 4.79 Å². The van der Waals surface area contributed by atoms with Gasteiger partial charge in [0.05, 0.1) is 0 Å². The van der Waals surface area contributed by atoms with Crippen molar-refractivity contribution in [2.24, 2.45) is 17.8 Å². The van der Waals surface area contributed by atoms with Crippen molar-refractivity contribution >= 4 is 5.91 Å². The number of amides is 1. The third-order valence-electron chi connectivity index (χ3n) is 6.51. The summed E-state index contributed by atoms with van der Waals surface area (Å²) in [6.07, 6.45) is 11.5. The number of carbonyl (C=O) groups excluding carboxylic acids is 1. The van der Waals surface area contributed by atoms with Crippen molar-refractivity contribution in [2.45, 2.75) is 69.9 Å². The lowest BCUT2D eigenvalue weighted by molar-refractivity contribution is -0.134. The largest absolute Gasteiger partial charge is 0.338 e. The van der Waals surface area contributed by atoms with Crippen LogP contribution in [-0.4, -0.2) is 47.9 Å². The van der Waals surface area contributed by atoms with Crippen molar-refractivity contribution in [3.05, 3.63) is 0 Å². The van der Waals surface area contributed by atoms with E-state index in [1.54, 1.807) is 0 Å². The Morgan fingerprint density at radius 3 is 2.14 bits per heavy atom. The Balaban J connectivity index is 1.40. The van der Waals surface area contributed by atoms with Crippen LogP contribution < -0.4 is 0 Å². The van der Waals surface area contributed by atoms with E-state index in [1.807, 2.05) is 0 Å². The molecule has 0 aromatic heterocycles. The normalized spacial score (nSPS) is 34.1. The summed E-state index contributed by atoms with van der Waals surface area (Å²) >= 11 is 0. The van der Waals surface area contributed by atoms with E-state index in [0.717, 1.165) is 30.7 Å². The summed E-state index contributed by atoms with van der Waals surface area (Å²) in [7, 11) is 2.25. The Morgan fingerprint density at radius 2 is 1.57 bits per heavy atom. The maximum Gasteiger partial charge on any atom is 0.223 e. The monoisotopic (exact) mass is 290 g/mol. The van der Waals surface area contributed by atoms with Gasteiger partial charge in [-0.25, -0.2) is 0 Å². The predicted molar refractivity (Wildman–Crippen MR) is 83.9 cm³/mol. The number of rotatable bonds is 5. The summed E-state index contributed by atoms with van der Waals surface area (Å²) in [6, 6.07) is 1.15. The third-order valence-corrected chi connectivity index (χ3v) is 6.51. The zero-order valence-corrected chi connectivity index (χ0v) is 13.5. The summed E-state index contributed by atoms with van der Waals surface area (Å²) in [5, 5.41) is 0. The van der Waals surface area contributed by atoms with E-state index in [-0.39, 0.29) is 0 Å². The highest BCUT2D eigenvalue weighted by Crippen LogP contribution is 2.51. The van der Waals surface area contributed by atoms with Crippen LogP contribution in [0, 0.1) is 17.8 Å². The van der Waals surface area contributed by atoms with Crippen LogP contribution in [0.4, 0.5) is 0 Å². The van der Waals surface area contributed by atoms with Gasteiger partial charge in [-0.05, 0) is 82.7 Å². The molecule has 4 rings (SSSR count). The zero-order chi connectivity index (χ0) is 14.4. The van der Waals surface area contributed by atoms with E-state index in [9.17, 15) is 4.79 Å². The highest BCUT2D eigenvalue weighted by molar-refractivity contribution is 5.77. The smallest absolute Gasteiger partial charge is 0.223 e. The van der Waals surface area contributed by atoms with Gasteiger partial charge >= 0.3 is 0 Å². The number of nitrogens with zero attached hydrogens (tertiary/aromatic N) is 2. The Hall–Kier alpha value is -0.570. The molecule has 118 valence electrons. The first-order valence-corrected chi connectivity index (χ1v) is 9.24. The number of likely N-dealkylation sites (tertiary alicyclic amines) is 2. The van der Waals surface area contributed by atoms with Crippen LogP contribution in [0.1, 0.15) is 57.8 Å². The molecular formula is C18H30N2O. The first-order chi connectivity index (χ1) is 10.2. The van der Waals surface area contributed by atoms with Crippen LogP contribution in [0.15, 0.2) is 0 Å². The lowest BCUT2D eigenvalue weighted by Gasteiger charge is -2.34. The Bertz CT molecular complexity index is 390. The van der Waals surface area contributed by atoms with Crippen LogP contribution in [0.25, 0.3) is 0 Å². The average molecular weight is 290 g/mol. The molecule has 0 radical (unpaired) electrons. The molecule has 2 aliphatic heterocycles.